The average molecular weight is 241 g/mol. The summed E-state index contributed by atoms with van der Waals surface area (Å²) in [7, 11) is -0.834. The molecule has 0 amide bonds. The van der Waals surface area contributed by atoms with Gasteiger partial charge in [-0.3, -0.25) is 0 Å². The van der Waals surface area contributed by atoms with Crippen molar-refractivity contribution in [3.05, 3.63) is 12.2 Å². The molecule has 16 heavy (non-hydrogen) atoms. The summed E-state index contributed by atoms with van der Waals surface area (Å²) in [4.78, 5) is 0. The van der Waals surface area contributed by atoms with Gasteiger partial charge < -0.3 is 0 Å². The molecule has 0 saturated heterocycles. The van der Waals surface area contributed by atoms with E-state index in [1.54, 1.807) is 0 Å². The zero-order valence-electron chi connectivity index (χ0n) is 12.0. The van der Waals surface area contributed by atoms with Crippen LogP contribution in [0.5, 0.6) is 0 Å². The zero-order valence-corrected chi connectivity index (χ0v) is 13.0. The first-order chi connectivity index (χ1) is 7.56. The summed E-state index contributed by atoms with van der Waals surface area (Å²) in [5.74, 6) is 0. The Labute approximate surface area is 105 Å². The van der Waals surface area contributed by atoms with E-state index in [0.29, 0.717) is 0 Å². The minimum absolute atomic E-state index is 0.834. The van der Waals surface area contributed by atoms with Crippen LogP contribution in [-0.4, -0.2) is 8.07 Å². The van der Waals surface area contributed by atoms with Crippen LogP contribution in [0, 0.1) is 0 Å². The van der Waals surface area contributed by atoms with Gasteiger partial charge in [0, 0.05) is 8.07 Å². The number of allylic oxidation sites excluding steroid dienone is 2. The molecule has 0 unspecified atom stereocenters. The Morgan fingerprint density at radius 2 is 1.31 bits per heavy atom. The molecule has 0 aromatic heterocycles. The fourth-order valence-electron chi connectivity index (χ4n) is 1.77. The highest BCUT2D eigenvalue weighted by atomic mass is 28.3. The van der Waals surface area contributed by atoms with Gasteiger partial charge in [0.2, 0.25) is 0 Å². The second-order valence-electron chi connectivity index (χ2n) is 6.15. The lowest BCUT2D eigenvalue weighted by Crippen LogP contribution is -2.17. The number of hydrogen-bond acceptors (Lipinski definition) is 0. The van der Waals surface area contributed by atoms with Gasteiger partial charge in [-0.15, -0.1) is 0 Å². The predicted molar refractivity (Wildman–Crippen MR) is 79.9 cm³/mol. The van der Waals surface area contributed by atoms with Gasteiger partial charge in [-0.05, 0) is 18.9 Å². The van der Waals surface area contributed by atoms with Crippen LogP contribution < -0.4 is 0 Å². The van der Waals surface area contributed by atoms with Crippen LogP contribution >= 0.6 is 0 Å². The van der Waals surface area contributed by atoms with Crippen molar-refractivity contribution in [1.29, 1.82) is 0 Å². The van der Waals surface area contributed by atoms with Gasteiger partial charge in [0.05, 0.1) is 0 Å². The molecule has 0 radical (unpaired) electrons. The van der Waals surface area contributed by atoms with Crippen molar-refractivity contribution in [2.45, 2.75) is 84.0 Å². The summed E-state index contributed by atoms with van der Waals surface area (Å²) in [6.45, 7) is 9.59. The Morgan fingerprint density at radius 3 is 1.88 bits per heavy atom. The van der Waals surface area contributed by atoms with Crippen molar-refractivity contribution in [2.24, 2.45) is 0 Å². The highest BCUT2D eigenvalue weighted by Gasteiger charge is 2.08. The molecule has 0 aliphatic carbocycles. The molecule has 0 aromatic rings. The van der Waals surface area contributed by atoms with Crippen LogP contribution in [0.3, 0.4) is 0 Å². The fraction of sp³-hybridized carbons (Fsp3) is 0.867. The third-order valence-electron chi connectivity index (χ3n) is 2.87. The van der Waals surface area contributed by atoms with Crippen LogP contribution in [0.2, 0.25) is 25.7 Å². The van der Waals surface area contributed by atoms with Crippen LogP contribution in [0.25, 0.3) is 0 Å². The minimum atomic E-state index is -0.834. The molecule has 0 spiro atoms. The van der Waals surface area contributed by atoms with E-state index >= 15 is 0 Å². The van der Waals surface area contributed by atoms with Crippen molar-refractivity contribution in [3.63, 3.8) is 0 Å². The van der Waals surface area contributed by atoms with Crippen molar-refractivity contribution in [1.82, 2.24) is 0 Å². The molecule has 0 rings (SSSR count). The highest BCUT2D eigenvalue weighted by molar-refractivity contribution is 6.76. The van der Waals surface area contributed by atoms with E-state index in [4.69, 9.17) is 0 Å². The zero-order chi connectivity index (χ0) is 12.3. The quantitative estimate of drug-likeness (QED) is 0.249. The van der Waals surface area contributed by atoms with E-state index in [2.05, 4.69) is 38.7 Å². The number of rotatable bonds is 10. The van der Waals surface area contributed by atoms with E-state index in [-0.39, 0.29) is 0 Å². The predicted octanol–water partition coefficient (Wildman–Crippen LogP) is 6.02. The summed E-state index contributed by atoms with van der Waals surface area (Å²) in [5.41, 5.74) is 0. The Kier molecular flexibility index (Phi) is 10.1. The Balaban J connectivity index is 3.15. The Morgan fingerprint density at radius 1 is 0.750 bits per heavy atom. The van der Waals surface area contributed by atoms with Gasteiger partial charge in [-0.2, -0.15) is 0 Å². The second-order valence-corrected chi connectivity index (χ2v) is 11.7. The molecule has 0 heterocycles. The van der Waals surface area contributed by atoms with Crippen LogP contribution in [0.15, 0.2) is 12.2 Å². The Hall–Kier alpha value is -0.0431. The fourth-order valence-corrected chi connectivity index (χ4v) is 2.65. The molecule has 0 atom stereocenters. The van der Waals surface area contributed by atoms with Gasteiger partial charge in [-0.1, -0.05) is 77.2 Å². The molecule has 0 nitrogen and oxygen atoms in total. The maximum absolute atomic E-state index is 2.44. The average Bonchev–Trinajstić information content (AvgIpc) is 2.19. The second kappa shape index (κ2) is 10.1. The summed E-state index contributed by atoms with van der Waals surface area (Å²) >= 11 is 0. The van der Waals surface area contributed by atoms with Gasteiger partial charge in [0.25, 0.3) is 0 Å². The van der Waals surface area contributed by atoms with Gasteiger partial charge >= 0.3 is 0 Å². The maximum Gasteiger partial charge on any atom is 0.0480 e. The molecule has 0 aliphatic heterocycles. The van der Waals surface area contributed by atoms with E-state index in [9.17, 15) is 0 Å². The normalized spacial score (nSPS) is 12.5. The molecular weight excluding hydrogens is 208 g/mol. The smallest absolute Gasteiger partial charge is 0.0480 e. The molecular formula is C15H32Si. The van der Waals surface area contributed by atoms with Crippen LogP contribution in [-0.2, 0) is 0 Å². The molecule has 0 fully saturated rings. The molecule has 0 saturated carbocycles. The maximum atomic E-state index is 2.44. The van der Waals surface area contributed by atoms with Crippen molar-refractivity contribution in [2.75, 3.05) is 0 Å². The van der Waals surface area contributed by atoms with E-state index in [1.165, 1.54) is 57.4 Å². The topological polar surface area (TPSA) is 0 Å². The molecule has 1 heteroatoms. The monoisotopic (exact) mass is 240 g/mol. The Bertz CT molecular complexity index is 165. The van der Waals surface area contributed by atoms with Crippen molar-refractivity contribution in [3.8, 4) is 0 Å². The molecule has 0 aliphatic rings. The van der Waals surface area contributed by atoms with Crippen molar-refractivity contribution < 1.29 is 0 Å². The number of hydrogen-bond donors (Lipinski definition) is 0. The van der Waals surface area contributed by atoms with E-state index < -0.39 is 8.07 Å². The third-order valence-corrected chi connectivity index (χ3v) is 4.33. The summed E-state index contributed by atoms with van der Waals surface area (Å²) < 4.78 is 0. The third kappa shape index (κ3) is 14.0. The van der Waals surface area contributed by atoms with Gasteiger partial charge in [0.1, 0.15) is 0 Å². The van der Waals surface area contributed by atoms with Crippen LogP contribution in [0.1, 0.15) is 58.3 Å². The molecule has 0 N–H and O–H groups in total. The van der Waals surface area contributed by atoms with Crippen LogP contribution in [0.4, 0.5) is 0 Å². The summed E-state index contributed by atoms with van der Waals surface area (Å²) in [5, 5.41) is 0. The lowest BCUT2D eigenvalue weighted by atomic mass is 10.1. The lowest BCUT2D eigenvalue weighted by molar-refractivity contribution is 0.592. The number of unbranched alkanes of at least 4 members (excludes halogenated alkanes) is 7. The first-order valence-electron chi connectivity index (χ1n) is 7.21. The minimum Gasteiger partial charge on any atom is -0.0912 e. The van der Waals surface area contributed by atoms with Gasteiger partial charge in [0.15, 0.2) is 0 Å². The highest BCUT2D eigenvalue weighted by Crippen LogP contribution is 2.11. The summed E-state index contributed by atoms with van der Waals surface area (Å²) in [6.07, 6.45) is 16.1. The van der Waals surface area contributed by atoms with Gasteiger partial charge in [-0.25, -0.2) is 0 Å². The van der Waals surface area contributed by atoms with E-state index in [0.717, 1.165) is 0 Å². The molecule has 96 valence electrons. The summed E-state index contributed by atoms with van der Waals surface area (Å²) in [6, 6.07) is 1.35. The standard InChI is InChI=1S/C15H32Si/c1-5-6-7-8-9-10-11-12-13-14-15-16(2,3)4/h13-14H,5-12,15H2,1-4H3/b14-13+. The largest absolute Gasteiger partial charge is 0.0912 e. The SMILES string of the molecule is CCCCCCCCC/C=C/C[Si](C)(C)C. The van der Waals surface area contributed by atoms with Crippen molar-refractivity contribution >= 4 is 8.07 Å². The first-order valence-corrected chi connectivity index (χ1v) is 10.9. The molecule has 0 bridgehead atoms. The molecule has 0 aromatic carbocycles. The lowest BCUT2D eigenvalue weighted by Gasteiger charge is -2.11. The first kappa shape index (κ1) is 16.0. The van der Waals surface area contributed by atoms with E-state index in [1.807, 2.05) is 0 Å².